The molecule has 0 spiro atoms. The van der Waals surface area contributed by atoms with Gasteiger partial charge in [-0.3, -0.25) is 9.59 Å². The number of alkyl halides is 3. The third kappa shape index (κ3) is 3.31. The van der Waals surface area contributed by atoms with Gasteiger partial charge in [-0.2, -0.15) is 13.2 Å². The summed E-state index contributed by atoms with van der Waals surface area (Å²) in [4.78, 5) is 27.7. The fourth-order valence-electron chi connectivity index (χ4n) is 4.28. The number of aryl methyl sites for hydroxylation is 1. The minimum Gasteiger partial charge on any atom is -0.333 e. The van der Waals surface area contributed by atoms with Gasteiger partial charge in [0.2, 0.25) is 11.8 Å². The maximum Gasteiger partial charge on any atom is 0.406 e. The number of halogens is 3. The first kappa shape index (κ1) is 17.4. The van der Waals surface area contributed by atoms with Gasteiger partial charge in [0.25, 0.3) is 0 Å². The van der Waals surface area contributed by atoms with Crippen LogP contribution >= 0.6 is 0 Å². The summed E-state index contributed by atoms with van der Waals surface area (Å²) in [6.45, 7) is -1.40. The Bertz CT molecular complexity index is 730. The number of carbonyl (C=O) groups excluding carboxylic acids is 2. The molecule has 2 amide bonds. The molecule has 1 aromatic carbocycles. The zero-order valence-corrected chi connectivity index (χ0v) is 14.3. The van der Waals surface area contributed by atoms with Crippen LogP contribution in [0, 0.1) is 5.92 Å². The van der Waals surface area contributed by atoms with E-state index in [4.69, 9.17) is 0 Å². The Hall–Kier alpha value is -2.05. The second-order valence-corrected chi connectivity index (χ2v) is 7.52. The number of rotatable bonds is 4. The second-order valence-electron chi connectivity index (χ2n) is 7.52. The van der Waals surface area contributed by atoms with Crippen molar-refractivity contribution in [3.8, 4) is 0 Å². The fourth-order valence-corrected chi connectivity index (χ4v) is 4.28. The van der Waals surface area contributed by atoms with E-state index in [9.17, 15) is 22.8 Å². The summed E-state index contributed by atoms with van der Waals surface area (Å²) in [5, 5.41) is 0. The summed E-state index contributed by atoms with van der Waals surface area (Å²) in [6, 6.07) is 8.18. The zero-order valence-electron chi connectivity index (χ0n) is 14.3. The third-order valence-electron chi connectivity index (χ3n) is 5.57. The number of benzene rings is 1. The molecule has 1 saturated carbocycles. The van der Waals surface area contributed by atoms with Crippen LogP contribution in [0.25, 0.3) is 0 Å². The molecule has 2 fully saturated rings. The van der Waals surface area contributed by atoms with Gasteiger partial charge in [-0.05, 0) is 36.8 Å². The molecule has 7 heteroatoms. The summed E-state index contributed by atoms with van der Waals surface area (Å²) in [7, 11) is 0. The molecule has 1 heterocycles. The van der Waals surface area contributed by atoms with Crippen molar-refractivity contribution in [2.45, 2.75) is 50.4 Å². The van der Waals surface area contributed by atoms with Gasteiger partial charge < -0.3 is 9.80 Å². The van der Waals surface area contributed by atoms with Gasteiger partial charge in [0.1, 0.15) is 6.54 Å². The monoisotopic (exact) mass is 366 g/mol. The SMILES string of the molecule is O=C1CC(C(=O)N(C2CC2)C2CCc3ccccc32)CN1CC(F)(F)F. The molecule has 4 rings (SSSR count). The highest BCUT2D eigenvalue weighted by Crippen LogP contribution is 2.43. The van der Waals surface area contributed by atoms with Gasteiger partial charge in [0.15, 0.2) is 0 Å². The Morgan fingerprint density at radius 2 is 1.92 bits per heavy atom. The molecular formula is C19H21F3N2O2. The standard InChI is InChI=1S/C19H21F3N2O2/c20-19(21,22)11-23-10-13(9-17(23)25)18(26)24(14-6-7-14)16-8-5-12-3-1-2-4-15(12)16/h1-4,13-14,16H,5-11H2. The Morgan fingerprint density at radius 1 is 1.19 bits per heavy atom. The number of fused-ring (bicyclic) bond motifs is 1. The van der Waals surface area contributed by atoms with Crippen molar-refractivity contribution >= 4 is 11.8 Å². The molecule has 4 nitrogen and oxygen atoms in total. The van der Waals surface area contributed by atoms with E-state index >= 15 is 0 Å². The fraction of sp³-hybridized carbons (Fsp3) is 0.579. The van der Waals surface area contributed by atoms with Crippen LogP contribution in [0.4, 0.5) is 13.2 Å². The van der Waals surface area contributed by atoms with E-state index in [2.05, 4.69) is 6.07 Å². The quantitative estimate of drug-likeness (QED) is 0.822. The van der Waals surface area contributed by atoms with Gasteiger partial charge in [-0.15, -0.1) is 0 Å². The number of amides is 2. The minimum atomic E-state index is -4.44. The lowest BCUT2D eigenvalue weighted by atomic mass is 10.0. The highest BCUT2D eigenvalue weighted by Gasteiger charge is 2.46. The van der Waals surface area contributed by atoms with Crippen LogP contribution in [-0.2, 0) is 16.0 Å². The summed E-state index contributed by atoms with van der Waals surface area (Å²) < 4.78 is 37.9. The summed E-state index contributed by atoms with van der Waals surface area (Å²) in [5.74, 6) is -1.41. The molecule has 0 radical (unpaired) electrons. The maximum absolute atomic E-state index is 13.1. The van der Waals surface area contributed by atoms with Crippen LogP contribution < -0.4 is 0 Å². The van der Waals surface area contributed by atoms with Gasteiger partial charge in [0.05, 0.1) is 12.0 Å². The van der Waals surface area contributed by atoms with Crippen molar-refractivity contribution in [2.24, 2.45) is 5.92 Å². The molecule has 0 N–H and O–H groups in total. The van der Waals surface area contributed by atoms with Crippen LogP contribution in [0.2, 0.25) is 0 Å². The minimum absolute atomic E-state index is 0.0158. The largest absolute Gasteiger partial charge is 0.406 e. The predicted octanol–water partition coefficient (Wildman–Crippen LogP) is 3.08. The normalized spacial score (nSPS) is 25.5. The van der Waals surface area contributed by atoms with Crippen molar-refractivity contribution in [1.82, 2.24) is 9.80 Å². The van der Waals surface area contributed by atoms with Gasteiger partial charge in [-0.1, -0.05) is 24.3 Å². The molecule has 3 aliphatic rings. The molecule has 0 bridgehead atoms. The van der Waals surface area contributed by atoms with Gasteiger partial charge in [0, 0.05) is 19.0 Å². The molecule has 0 aromatic heterocycles. The zero-order chi connectivity index (χ0) is 18.5. The highest BCUT2D eigenvalue weighted by molar-refractivity contribution is 5.90. The Kier molecular flexibility index (Phi) is 4.20. The van der Waals surface area contributed by atoms with E-state index in [1.54, 1.807) is 0 Å². The van der Waals surface area contributed by atoms with E-state index < -0.39 is 24.5 Å². The van der Waals surface area contributed by atoms with Crippen molar-refractivity contribution in [1.29, 1.82) is 0 Å². The van der Waals surface area contributed by atoms with E-state index in [1.807, 2.05) is 23.1 Å². The Balaban J connectivity index is 1.52. The lowest BCUT2D eigenvalue weighted by Gasteiger charge is -2.32. The molecular weight excluding hydrogens is 345 g/mol. The van der Waals surface area contributed by atoms with E-state index in [1.165, 1.54) is 5.56 Å². The van der Waals surface area contributed by atoms with Gasteiger partial charge >= 0.3 is 6.18 Å². The summed E-state index contributed by atoms with van der Waals surface area (Å²) in [6.07, 6.45) is -0.953. The highest BCUT2D eigenvalue weighted by atomic mass is 19.4. The first-order valence-electron chi connectivity index (χ1n) is 9.08. The van der Waals surface area contributed by atoms with Crippen molar-refractivity contribution in [3.63, 3.8) is 0 Å². The van der Waals surface area contributed by atoms with Crippen molar-refractivity contribution < 1.29 is 22.8 Å². The molecule has 1 saturated heterocycles. The van der Waals surface area contributed by atoms with E-state index in [0.29, 0.717) is 0 Å². The molecule has 1 aliphatic heterocycles. The molecule has 26 heavy (non-hydrogen) atoms. The average Bonchev–Trinajstić information content (AvgIpc) is 3.22. The number of hydrogen-bond donors (Lipinski definition) is 0. The number of carbonyl (C=O) groups is 2. The molecule has 2 atom stereocenters. The Labute approximate surface area is 149 Å². The topological polar surface area (TPSA) is 40.6 Å². The summed E-state index contributed by atoms with van der Waals surface area (Å²) >= 11 is 0. The Morgan fingerprint density at radius 3 is 2.62 bits per heavy atom. The van der Waals surface area contributed by atoms with Crippen molar-refractivity contribution in [2.75, 3.05) is 13.1 Å². The summed E-state index contributed by atoms with van der Waals surface area (Å²) in [5.41, 5.74) is 2.38. The van der Waals surface area contributed by atoms with E-state index in [0.717, 1.165) is 36.1 Å². The van der Waals surface area contributed by atoms with Crippen LogP contribution in [0.3, 0.4) is 0 Å². The van der Waals surface area contributed by atoms with Crippen LogP contribution in [-0.4, -0.2) is 46.9 Å². The second kappa shape index (κ2) is 6.28. The number of nitrogens with zero attached hydrogens (tertiary/aromatic N) is 2. The van der Waals surface area contributed by atoms with Crippen LogP contribution in [0.1, 0.15) is 42.9 Å². The van der Waals surface area contributed by atoms with Crippen molar-refractivity contribution in [3.05, 3.63) is 35.4 Å². The maximum atomic E-state index is 13.1. The lowest BCUT2D eigenvalue weighted by molar-refractivity contribution is -0.157. The third-order valence-corrected chi connectivity index (χ3v) is 5.57. The first-order chi connectivity index (χ1) is 12.3. The lowest BCUT2D eigenvalue weighted by Crippen LogP contribution is -2.41. The smallest absolute Gasteiger partial charge is 0.333 e. The molecule has 140 valence electrons. The first-order valence-corrected chi connectivity index (χ1v) is 9.08. The van der Waals surface area contributed by atoms with E-state index in [-0.39, 0.29) is 31.0 Å². The number of hydrogen-bond acceptors (Lipinski definition) is 2. The molecule has 2 unspecified atom stereocenters. The number of likely N-dealkylation sites (tertiary alicyclic amines) is 1. The van der Waals surface area contributed by atoms with Gasteiger partial charge in [-0.25, -0.2) is 0 Å². The molecule has 1 aromatic rings. The molecule has 2 aliphatic carbocycles. The van der Waals surface area contributed by atoms with Crippen LogP contribution in [0.15, 0.2) is 24.3 Å². The average molecular weight is 366 g/mol. The van der Waals surface area contributed by atoms with Crippen LogP contribution in [0.5, 0.6) is 0 Å². The predicted molar refractivity (Wildman–Crippen MR) is 88.1 cm³/mol.